The number of ether oxygens (including phenoxy) is 1. The number of methoxy groups -OCH3 is 1. The average Bonchev–Trinajstić information content (AvgIpc) is 3.73. The molecule has 1 aromatic heterocycles. The van der Waals surface area contributed by atoms with Gasteiger partial charge < -0.3 is 41.2 Å². The predicted octanol–water partition coefficient (Wildman–Crippen LogP) is 9.14. The van der Waals surface area contributed by atoms with Gasteiger partial charge in [0.2, 0.25) is 0 Å². The van der Waals surface area contributed by atoms with Crippen LogP contribution in [-0.2, 0) is 35.3 Å². The molecular formula is C59H75N3O7. The van der Waals surface area contributed by atoms with Crippen LogP contribution in [0.2, 0.25) is 0 Å². The summed E-state index contributed by atoms with van der Waals surface area (Å²) in [6, 6.07) is 24.3. The molecule has 1 aliphatic heterocycles. The number of dihydropyridines is 1. The lowest BCUT2D eigenvalue weighted by Crippen LogP contribution is -2.33. The first-order valence-corrected chi connectivity index (χ1v) is 25.5. The van der Waals surface area contributed by atoms with Crippen LogP contribution in [0.15, 0.2) is 103 Å². The van der Waals surface area contributed by atoms with Gasteiger partial charge in [0, 0.05) is 48.7 Å². The second-order valence-corrected chi connectivity index (χ2v) is 20.3. The van der Waals surface area contributed by atoms with Crippen LogP contribution in [0.1, 0.15) is 136 Å². The molecule has 0 spiro atoms. The molecule has 10 atom stereocenters. The Morgan fingerprint density at radius 1 is 0.884 bits per heavy atom. The largest absolute Gasteiger partial charge is 0.504 e. The molecule has 2 aliphatic carbocycles. The average molecular weight is 938 g/mol. The van der Waals surface area contributed by atoms with Gasteiger partial charge in [0.15, 0.2) is 11.5 Å². The quantitative estimate of drug-likeness (QED) is 0.0379. The molecule has 0 saturated heterocycles. The molecule has 10 unspecified atom stereocenters. The van der Waals surface area contributed by atoms with Crippen LogP contribution in [-0.4, -0.2) is 68.9 Å². The van der Waals surface area contributed by atoms with E-state index in [4.69, 9.17) is 10.5 Å². The van der Waals surface area contributed by atoms with Crippen molar-refractivity contribution in [2.24, 2.45) is 35.3 Å². The Hall–Kier alpha value is -5.60. The maximum atomic E-state index is 14.9. The number of aryl methyl sites for hydroxylation is 2. The highest BCUT2D eigenvalue weighted by Gasteiger charge is 2.41. The van der Waals surface area contributed by atoms with E-state index in [0.717, 1.165) is 70.3 Å². The summed E-state index contributed by atoms with van der Waals surface area (Å²) >= 11 is 0. The van der Waals surface area contributed by atoms with Gasteiger partial charge in [-0.15, -0.1) is 0 Å². The molecule has 0 amide bonds. The Bertz CT molecular complexity index is 2460. The number of aliphatic hydroxyl groups is 3. The number of ketones is 2. The van der Waals surface area contributed by atoms with Gasteiger partial charge in [-0.2, -0.15) is 0 Å². The lowest BCUT2D eigenvalue weighted by molar-refractivity contribution is -0.130. The number of carbonyl (C=O) groups is 2. The second kappa shape index (κ2) is 24.3. The maximum absolute atomic E-state index is 14.9. The third kappa shape index (κ3) is 13.4. The highest BCUT2D eigenvalue weighted by Crippen LogP contribution is 2.46. The van der Waals surface area contributed by atoms with E-state index in [-0.39, 0.29) is 59.7 Å². The third-order valence-corrected chi connectivity index (χ3v) is 15.3. The van der Waals surface area contributed by atoms with Crippen LogP contribution in [0.25, 0.3) is 0 Å². The summed E-state index contributed by atoms with van der Waals surface area (Å²) < 4.78 is 5.78. The first-order valence-electron chi connectivity index (χ1n) is 25.5. The Kier molecular flexibility index (Phi) is 18.0. The molecule has 10 nitrogen and oxygen atoms in total. The monoisotopic (exact) mass is 938 g/mol. The van der Waals surface area contributed by atoms with E-state index >= 15 is 0 Å². The van der Waals surface area contributed by atoms with Crippen molar-refractivity contribution in [1.29, 1.82) is 0 Å². The topological polar surface area (TPSA) is 178 Å². The number of hydrogen-bond acceptors (Lipinski definition) is 9. The number of fused-ring (bicyclic) bond motifs is 2. The summed E-state index contributed by atoms with van der Waals surface area (Å²) in [4.78, 5) is 32.5. The number of carbonyl (C=O) groups excluding carboxylic acids is 2. The smallest absolute Gasteiger partial charge is 0.161 e. The summed E-state index contributed by atoms with van der Waals surface area (Å²) in [6.45, 7) is 6.50. The van der Waals surface area contributed by atoms with Gasteiger partial charge in [-0.25, -0.2) is 0 Å². The van der Waals surface area contributed by atoms with Crippen molar-refractivity contribution in [2.75, 3.05) is 13.7 Å². The number of benzene rings is 3. The minimum atomic E-state index is -0.782. The number of Topliss-reactive ketones (excluding diaryl/α,β-unsaturated/α-hetero) is 2. The summed E-state index contributed by atoms with van der Waals surface area (Å²) in [5.74, 6) is 7.21. The third-order valence-electron chi connectivity index (χ3n) is 15.3. The van der Waals surface area contributed by atoms with Crippen molar-refractivity contribution in [3.8, 4) is 23.3 Å². The zero-order valence-corrected chi connectivity index (χ0v) is 41.1. The number of phenolic OH excluding ortho intramolecular Hbond substituents is 1. The van der Waals surface area contributed by atoms with Crippen LogP contribution in [0, 0.1) is 41.4 Å². The number of aromatic hydroxyl groups is 1. The van der Waals surface area contributed by atoms with Gasteiger partial charge in [-0.3, -0.25) is 9.59 Å². The lowest BCUT2D eigenvalue weighted by atomic mass is 9.73. The molecule has 4 aromatic rings. The van der Waals surface area contributed by atoms with Crippen molar-refractivity contribution < 1.29 is 34.8 Å². The van der Waals surface area contributed by atoms with E-state index in [2.05, 4.69) is 72.4 Å². The van der Waals surface area contributed by atoms with E-state index < -0.39 is 30.1 Å². The van der Waals surface area contributed by atoms with Crippen molar-refractivity contribution in [3.63, 3.8) is 0 Å². The summed E-state index contributed by atoms with van der Waals surface area (Å²) in [7, 11) is 1.55. The zero-order chi connectivity index (χ0) is 49.0. The number of aliphatic hydroxyl groups excluding tert-OH is 3. The number of hydrogen-bond donors (Lipinski definition) is 7. The molecule has 69 heavy (non-hydrogen) atoms. The first kappa shape index (κ1) is 51.3. The minimum Gasteiger partial charge on any atom is -0.504 e. The summed E-state index contributed by atoms with van der Waals surface area (Å²) in [5.41, 5.74) is 14.1. The second-order valence-electron chi connectivity index (χ2n) is 20.3. The molecule has 0 bridgehead atoms. The number of allylic oxidation sites excluding steroid dienone is 2. The van der Waals surface area contributed by atoms with Gasteiger partial charge in [-0.1, -0.05) is 98.8 Å². The highest BCUT2D eigenvalue weighted by atomic mass is 16.5. The van der Waals surface area contributed by atoms with E-state index in [0.29, 0.717) is 69.5 Å². The summed E-state index contributed by atoms with van der Waals surface area (Å²) in [5, 5.41) is 47.6. The fourth-order valence-electron chi connectivity index (χ4n) is 11.4. The minimum absolute atomic E-state index is 0.0210. The standard InChI is InChI=1S/C59H75N3O7/c1-5-12-49(54(66)34-47-31-46(36-62-47)37(2)17-24-53(65)38(3)63)45-29-41(27-40-25-26-61-57(60)30-40)28-43-20-23-50(42-15-10-7-11-16-42)58-44(19-21-48(64)35-55(67)52(43)32-45)33-56(69-4)59(68)51(58)22-18-39-13-8-6-9-14-39/h6-11,13-16,25,30-31,33,36-38,41,43,45,49-50,52-54,61-63,65-66,68H,5,12,17-19,21-22,24,26-29,32,34-35,60H2,1-4H3. The fraction of sp³-hybridized carbons (Fsp3) is 0.492. The molecule has 2 heterocycles. The van der Waals surface area contributed by atoms with Crippen molar-refractivity contribution >= 4 is 11.6 Å². The molecule has 0 radical (unpaired) electrons. The number of phenols is 1. The molecule has 1 fully saturated rings. The molecule has 3 aromatic carbocycles. The van der Waals surface area contributed by atoms with E-state index in [1.54, 1.807) is 14.0 Å². The van der Waals surface area contributed by atoms with E-state index in [1.165, 1.54) is 0 Å². The van der Waals surface area contributed by atoms with Gasteiger partial charge in [0.05, 0.1) is 43.6 Å². The molecule has 3 aliphatic rings. The molecular weight excluding hydrogens is 863 g/mol. The predicted molar refractivity (Wildman–Crippen MR) is 273 cm³/mol. The van der Waals surface area contributed by atoms with Crippen molar-refractivity contribution in [1.82, 2.24) is 10.3 Å². The lowest BCUT2D eigenvalue weighted by Gasteiger charge is -2.33. The van der Waals surface area contributed by atoms with Gasteiger partial charge >= 0.3 is 0 Å². The maximum Gasteiger partial charge on any atom is 0.161 e. The molecule has 368 valence electrons. The number of aromatic amines is 1. The first-order chi connectivity index (χ1) is 33.3. The Labute approximate surface area is 409 Å². The number of rotatable bonds is 18. The van der Waals surface area contributed by atoms with Crippen molar-refractivity contribution in [3.05, 3.63) is 142 Å². The van der Waals surface area contributed by atoms with Crippen LogP contribution < -0.4 is 15.8 Å². The molecule has 1 saturated carbocycles. The number of aromatic nitrogens is 1. The normalized spacial score (nSPS) is 23.1. The van der Waals surface area contributed by atoms with Crippen molar-refractivity contribution in [2.45, 2.75) is 141 Å². The SMILES string of the molecule is CCCC(C(O)Cc1cc(C(C)CCC(O)C(C)O)c[nH]1)C1CC(CC2=CCNC(N)=C2)CC2C#CC(c3ccccc3)c3c(cc(OC)c(O)c3CCc3ccccc3)CCC(=O)CC(=O)C2C1. The van der Waals surface area contributed by atoms with Crippen LogP contribution in [0.5, 0.6) is 11.5 Å². The molecule has 7 rings (SSSR count). The Morgan fingerprint density at radius 3 is 2.35 bits per heavy atom. The van der Waals surface area contributed by atoms with Gasteiger partial charge in [-0.05, 0) is 146 Å². The molecule has 10 heteroatoms. The van der Waals surface area contributed by atoms with Crippen LogP contribution in [0.4, 0.5) is 0 Å². The Balaban J connectivity index is 1.28. The van der Waals surface area contributed by atoms with Gasteiger partial charge in [0.1, 0.15) is 11.6 Å². The van der Waals surface area contributed by atoms with Crippen LogP contribution >= 0.6 is 0 Å². The van der Waals surface area contributed by atoms with Gasteiger partial charge in [0.25, 0.3) is 0 Å². The number of nitrogens with two attached hydrogens (primary N) is 1. The number of nitrogens with one attached hydrogen (secondary N) is 2. The van der Waals surface area contributed by atoms with E-state index in [1.807, 2.05) is 54.7 Å². The zero-order valence-electron chi connectivity index (χ0n) is 41.1. The van der Waals surface area contributed by atoms with Crippen LogP contribution in [0.3, 0.4) is 0 Å². The summed E-state index contributed by atoms with van der Waals surface area (Å²) in [6.07, 6.45) is 11.5. The number of H-pyrrole nitrogens is 1. The van der Waals surface area contributed by atoms with E-state index in [9.17, 15) is 30.0 Å². The highest BCUT2D eigenvalue weighted by molar-refractivity contribution is 6.00. The fourth-order valence-corrected chi connectivity index (χ4v) is 11.4. The molecule has 8 N–H and O–H groups in total. The Morgan fingerprint density at radius 2 is 1.64 bits per heavy atom.